The number of benzene rings is 1. The lowest BCUT2D eigenvalue weighted by atomic mass is 10.2. The largest absolute Gasteiger partial charge is 0.351 e. The summed E-state index contributed by atoms with van der Waals surface area (Å²) in [6.45, 7) is 2.31. The second kappa shape index (κ2) is 6.30. The molecule has 0 aromatic heterocycles. The van der Waals surface area contributed by atoms with Gasteiger partial charge in [-0.05, 0) is 30.7 Å². The summed E-state index contributed by atoms with van der Waals surface area (Å²) in [5.74, 6) is -0.146. The van der Waals surface area contributed by atoms with Crippen molar-refractivity contribution in [2.45, 2.75) is 13.0 Å². The Morgan fingerprint density at radius 2 is 2.12 bits per heavy atom. The Balaban J connectivity index is 2.47. The zero-order valence-corrected chi connectivity index (χ0v) is 9.87. The second-order valence-electron chi connectivity index (χ2n) is 3.61. The summed E-state index contributed by atoms with van der Waals surface area (Å²) < 4.78 is 0. The van der Waals surface area contributed by atoms with Crippen molar-refractivity contribution >= 4 is 23.6 Å². The summed E-state index contributed by atoms with van der Waals surface area (Å²) in [5, 5.41) is 3.37. The Bertz CT molecular complexity index is 371. The fraction of sp³-hybridized carbons (Fsp3) is 0.250. The van der Waals surface area contributed by atoms with E-state index in [-0.39, 0.29) is 11.9 Å². The van der Waals surface area contributed by atoms with Crippen LogP contribution in [-0.4, -0.2) is 18.5 Å². The first-order valence-electron chi connectivity index (χ1n) is 5.05. The first-order valence-corrected chi connectivity index (χ1v) is 5.43. The Morgan fingerprint density at radius 3 is 2.69 bits per heavy atom. The lowest BCUT2D eigenvalue weighted by Gasteiger charge is -2.04. The highest BCUT2D eigenvalue weighted by Crippen LogP contribution is 2.10. The molecule has 86 valence electrons. The molecule has 0 saturated carbocycles. The van der Waals surface area contributed by atoms with Gasteiger partial charge in [0.1, 0.15) is 0 Å². The van der Waals surface area contributed by atoms with Crippen LogP contribution in [0.1, 0.15) is 12.5 Å². The maximum absolute atomic E-state index is 11.3. The van der Waals surface area contributed by atoms with Gasteiger partial charge < -0.3 is 11.1 Å². The molecule has 1 aromatic rings. The standard InChI is InChI=1S/C12H15ClN2O/c1-9(14)8-15-12(16)7-4-10-2-5-11(13)6-3-10/h2-7,9H,8,14H2,1H3,(H,15,16)/b7-4+. The molecule has 0 aliphatic heterocycles. The first kappa shape index (κ1) is 12.7. The van der Waals surface area contributed by atoms with Crippen LogP contribution in [0.4, 0.5) is 0 Å². The number of carbonyl (C=O) groups is 1. The average molecular weight is 239 g/mol. The van der Waals surface area contributed by atoms with Crippen molar-refractivity contribution in [1.29, 1.82) is 0 Å². The van der Waals surface area contributed by atoms with Crippen molar-refractivity contribution in [3.8, 4) is 0 Å². The van der Waals surface area contributed by atoms with Gasteiger partial charge >= 0.3 is 0 Å². The number of rotatable bonds is 4. The van der Waals surface area contributed by atoms with Gasteiger partial charge in [-0.2, -0.15) is 0 Å². The highest BCUT2D eigenvalue weighted by molar-refractivity contribution is 6.30. The fourth-order valence-electron chi connectivity index (χ4n) is 1.07. The molecule has 4 heteroatoms. The smallest absolute Gasteiger partial charge is 0.244 e. The van der Waals surface area contributed by atoms with Crippen LogP contribution in [-0.2, 0) is 4.79 Å². The van der Waals surface area contributed by atoms with E-state index in [1.54, 1.807) is 18.2 Å². The quantitative estimate of drug-likeness (QED) is 0.787. The molecule has 3 N–H and O–H groups in total. The molecule has 0 aliphatic carbocycles. The van der Waals surface area contributed by atoms with Gasteiger partial charge in [-0.1, -0.05) is 23.7 Å². The van der Waals surface area contributed by atoms with Crippen LogP contribution < -0.4 is 11.1 Å². The number of nitrogens with two attached hydrogens (primary N) is 1. The molecule has 0 radical (unpaired) electrons. The summed E-state index contributed by atoms with van der Waals surface area (Å²) in [7, 11) is 0. The van der Waals surface area contributed by atoms with E-state index in [0.717, 1.165) is 5.56 Å². The molecule has 1 aromatic carbocycles. The normalized spacial score (nSPS) is 12.7. The van der Waals surface area contributed by atoms with Crippen LogP contribution in [0.25, 0.3) is 6.08 Å². The van der Waals surface area contributed by atoms with E-state index in [1.807, 2.05) is 19.1 Å². The van der Waals surface area contributed by atoms with Gasteiger partial charge in [0.2, 0.25) is 5.91 Å². The van der Waals surface area contributed by atoms with Crippen molar-refractivity contribution in [2.24, 2.45) is 5.73 Å². The van der Waals surface area contributed by atoms with Gasteiger partial charge in [0.05, 0.1) is 0 Å². The van der Waals surface area contributed by atoms with E-state index in [0.29, 0.717) is 11.6 Å². The summed E-state index contributed by atoms with van der Waals surface area (Å²) in [5.41, 5.74) is 6.44. The third kappa shape index (κ3) is 4.96. The molecule has 0 spiro atoms. The maximum Gasteiger partial charge on any atom is 0.244 e. The van der Waals surface area contributed by atoms with E-state index >= 15 is 0 Å². The molecule has 0 aliphatic rings. The summed E-state index contributed by atoms with van der Waals surface area (Å²) in [4.78, 5) is 11.3. The number of hydrogen-bond donors (Lipinski definition) is 2. The Hall–Kier alpha value is -1.32. The lowest BCUT2D eigenvalue weighted by molar-refractivity contribution is -0.116. The fourth-order valence-corrected chi connectivity index (χ4v) is 1.19. The van der Waals surface area contributed by atoms with Crippen LogP contribution >= 0.6 is 11.6 Å². The number of carbonyl (C=O) groups excluding carboxylic acids is 1. The van der Waals surface area contributed by atoms with Crippen LogP contribution in [0, 0.1) is 0 Å². The summed E-state index contributed by atoms with van der Waals surface area (Å²) in [6, 6.07) is 7.21. The Labute approximate surface area is 100 Å². The second-order valence-corrected chi connectivity index (χ2v) is 4.04. The molecule has 1 unspecified atom stereocenters. The minimum atomic E-state index is -0.146. The van der Waals surface area contributed by atoms with E-state index in [4.69, 9.17) is 17.3 Å². The van der Waals surface area contributed by atoms with E-state index in [2.05, 4.69) is 5.32 Å². The van der Waals surface area contributed by atoms with Crippen molar-refractivity contribution in [3.63, 3.8) is 0 Å². The summed E-state index contributed by atoms with van der Waals surface area (Å²) in [6.07, 6.45) is 3.21. The van der Waals surface area contributed by atoms with E-state index < -0.39 is 0 Å². The molecule has 1 rings (SSSR count). The average Bonchev–Trinajstić information content (AvgIpc) is 2.25. The molecule has 0 saturated heterocycles. The van der Waals surface area contributed by atoms with Gasteiger partial charge in [0.15, 0.2) is 0 Å². The van der Waals surface area contributed by atoms with E-state index in [1.165, 1.54) is 6.08 Å². The van der Waals surface area contributed by atoms with Crippen molar-refractivity contribution in [3.05, 3.63) is 40.9 Å². The number of hydrogen-bond acceptors (Lipinski definition) is 2. The minimum Gasteiger partial charge on any atom is -0.351 e. The SMILES string of the molecule is CC(N)CNC(=O)/C=C/c1ccc(Cl)cc1. The van der Waals surface area contributed by atoms with Gasteiger partial charge in [-0.15, -0.1) is 0 Å². The predicted octanol–water partition coefficient (Wildman–Crippen LogP) is 1.82. The number of halogens is 1. The highest BCUT2D eigenvalue weighted by atomic mass is 35.5. The highest BCUT2D eigenvalue weighted by Gasteiger charge is 1.97. The minimum absolute atomic E-state index is 0.0344. The number of nitrogens with one attached hydrogen (secondary N) is 1. The van der Waals surface area contributed by atoms with Gasteiger partial charge in [0, 0.05) is 23.7 Å². The maximum atomic E-state index is 11.3. The first-order chi connectivity index (χ1) is 7.58. The van der Waals surface area contributed by atoms with Crippen LogP contribution in [0.2, 0.25) is 5.02 Å². The third-order valence-corrected chi connectivity index (χ3v) is 2.15. The molecule has 0 fully saturated rings. The van der Waals surface area contributed by atoms with Gasteiger partial charge in [-0.25, -0.2) is 0 Å². The zero-order valence-electron chi connectivity index (χ0n) is 9.11. The van der Waals surface area contributed by atoms with E-state index in [9.17, 15) is 4.79 Å². The lowest BCUT2D eigenvalue weighted by Crippen LogP contribution is -2.34. The predicted molar refractivity (Wildman–Crippen MR) is 67.1 cm³/mol. The summed E-state index contributed by atoms with van der Waals surface area (Å²) >= 11 is 5.74. The Morgan fingerprint density at radius 1 is 1.50 bits per heavy atom. The molecular weight excluding hydrogens is 224 g/mol. The van der Waals surface area contributed by atoms with Crippen molar-refractivity contribution in [1.82, 2.24) is 5.32 Å². The molecule has 3 nitrogen and oxygen atoms in total. The molecular formula is C12H15ClN2O. The van der Waals surface area contributed by atoms with Gasteiger partial charge in [-0.3, -0.25) is 4.79 Å². The van der Waals surface area contributed by atoms with Crippen molar-refractivity contribution in [2.75, 3.05) is 6.54 Å². The Kier molecular flexibility index (Phi) is 5.02. The van der Waals surface area contributed by atoms with Crippen LogP contribution in [0.5, 0.6) is 0 Å². The van der Waals surface area contributed by atoms with Crippen LogP contribution in [0.3, 0.4) is 0 Å². The zero-order chi connectivity index (χ0) is 12.0. The molecule has 0 heterocycles. The monoisotopic (exact) mass is 238 g/mol. The van der Waals surface area contributed by atoms with Crippen molar-refractivity contribution < 1.29 is 4.79 Å². The molecule has 16 heavy (non-hydrogen) atoms. The molecule has 1 amide bonds. The molecule has 1 atom stereocenters. The van der Waals surface area contributed by atoms with Crippen LogP contribution in [0.15, 0.2) is 30.3 Å². The topological polar surface area (TPSA) is 55.1 Å². The van der Waals surface area contributed by atoms with Gasteiger partial charge in [0.25, 0.3) is 0 Å². The third-order valence-electron chi connectivity index (χ3n) is 1.90. The number of amides is 1. The molecule has 0 bridgehead atoms.